The van der Waals surface area contributed by atoms with Crippen LogP contribution in [-0.4, -0.2) is 24.5 Å². The molecule has 0 aliphatic heterocycles. The van der Waals surface area contributed by atoms with Gasteiger partial charge in [-0.25, -0.2) is 0 Å². The summed E-state index contributed by atoms with van der Waals surface area (Å²) in [5.74, 6) is 0.175. The summed E-state index contributed by atoms with van der Waals surface area (Å²) in [6.45, 7) is 3.14. The molecule has 0 aromatic carbocycles. The molecule has 78 valence electrons. The first-order valence-corrected chi connectivity index (χ1v) is 5.23. The average molecular weight is 185 g/mol. The predicted octanol–water partition coefficient (Wildman–Crippen LogP) is 2.17. The summed E-state index contributed by atoms with van der Waals surface area (Å²) in [5.41, 5.74) is 5.31. The molecule has 0 atom stereocenters. The SMILES string of the molecule is CCCCCCCCN(C)C(=N)N. The fourth-order valence-electron chi connectivity index (χ4n) is 1.25. The van der Waals surface area contributed by atoms with E-state index in [1.165, 1.54) is 32.1 Å². The van der Waals surface area contributed by atoms with Gasteiger partial charge in [-0.1, -0.05) is 39.0 Å². The van der Waals surface area contributed by atoms with E-state index < -0.39 is 0 Å². The highest BCUT2D eigenvalue weighted by atomic mass is 15.2. The molecule has 0 aromatic heterocycles. The molecular formula is C10H23N3. The monoisotopic (exact) mass is 185 g/mol. The van der Waals surface area contributed by atoms with E-state index >= 15 is 0 Å². The lowest BCUT2D eigenvalue weighted by Crippen LogP contribution is -2.33. The van der Waals surface area contributed by atoms with Crippen molar-refractivity contribution in [3.05, 3.63) is 0 Å². The molecule has 0 saturated carbocycles. The van der Waals surface area contributed by atoms with Crippen LogP contribution in [0.1, 0.15) is 45.4 Å². The van der Waals surface area contributed by atoms with Gasteiger partial charge >= 0.3 is 0 Å². The lowest BCUT2D eigenvalue weighted by atomic mass is 10.1. The van der Waals surface area contributed by atoms with E-state index in [1.807, 2.05) is 7.05 Å². The van der Waals surface area contributed by atoms with Gasteiger partial charge in [-0.05, 0) is 6.42 Å². The number of nitrogens with two attached hydrogens (primary N) is 1. The highest BCUT2D eigenvalue weighted by molar-refractivity contribution is 5.74. The molecular weight excluding hydrogens is 162 g/mol. The van der Waals surface area contributed by atoms with Crippen LogP contribution in [0, 0.1) is 5.41 Å². The highest BCUT2D eigenvalue weighted by Crippen LogP contribution is 2.05. The Bertz CT molecular complexity index is 134. The van der Waals surface area contributed by atoms with Crippen LogP contribution in [0.15, 0.2) is 0 Å². The van der Waals surface area contributed by atoms with Gasteiger partial charge in [0.15, 0.2) is 5.96 Å². The van der Waals surface area contributed by atoms with Gasteiger partial charge in [0.05, 0.1) is 0 Å². The van der Waals surface area contributed by atoms with Crippen LogP contribution in [0.5, 0.6) is 0 Å². The molecule has 3 heteroatoms. The minimum atomic E-state index is 0.175. The van der Waals surface area contributed by atoms with E-state index in [2.05, 4.69) is 6.92 Å². The Kier molecular flexibility index (Phi) is 7.45. The van der Waals surface area contributed by atoms with Gasteiger partial charge in [0.2, 0.25) is 0 Å². The van der Waals surface area contributed by atoms with E-state index in [-0.39, 0.29) is 5.96 Å². The molecule has 13 heavy (non-hydrogen) atoms. The maximum Gasteiger partial charge on any atom is 0.188 e. The molecule has 0 saturated heterocycles. The lowest BCUT2D eigenvalue weighted by molar-refractivity contribution is 0.460. The zero-order valence-electron chi connectivity index (χ0n) is 8.97. The van der Waals surface area contributed by atoms with Crippen molar-refractivity contribution in [2.24, 2.45) is 5.73 Å². The van der Waals surface area contributed by atoms with Crippen molar-refractivity contribution in [1.29, 1.82) is 5.41 Å². The van der Waals surface area contributed by atoms with Gasteiger partial charge in [-0.2, -0.15) is 0 Å². The van der Waals surface area contributed by atoms with Gasteiger partial charge < -0.3 is 10.6 Å². The Balaban J connectivity index is 3.11. The number of hydrogen-bond donors (Lipinski definition) is 2. The normalized spacial score (nSPS) is 10.0. The molecule has 3 N–H and O–H groups in total. The van der Waals surface area contributed by atoms with E-state index in [0.717, 1.165) is 13.0 Å². The minimum Gasteiger partial charge on any atom is -0.370 e. The summed E-state index contributed by atoms with van der Waals surface area (Å²) in [6.07, 6.45) is 7.73. The number of nitrogens with zero attached hydrogens (tertiary/aromatic N) is 1. The van der Waals surface area contributed by atoms with Crippen LogP contribution in [0.2, 0.25) is 0 Å². The minimum absolute atomic E-state index is 0.175. The van der Waals surface area contributed by atoms with E-state index in [0.29, 0.717) is 0 Å². The van der Waals surface area contributed by atoms with Gasteiger partial charge in [0.25, 0.3) is 0 Å². The summed E-state index contributed by atoms with van der Waals surface area (Å²) >= 11 is 0. The van der Waals surface area contributed by atoms with Crippen LogP contribution in [0.3, 0.4) is 0 Å². The topological polar surface area (TPSA) is 53.1 Å². The summed E-state index contributed by atoms with van der Waals surface area (Å²) < 4.78 is 0. The summed E-state index contributed by atoms with van der Waals surface area (Å²) in [6, 6.07) is 0. The van der Waals surface area contributed by atoms with Gasteiger partial charge in [0.1, 0.15) is 0 Å². The quantitative estimate of drug-likeness (QED) is 0.363. The first kappa shape index (κ1) is 12.3. The van der Waals surface area contributed by atoms with Gasteiger partial charge in [-0.15, -0.1) is 0 Å². The summed E-state index contributed by atoms with van der Waals surface area (Å²) in [5, 5.41) is 7.15. The Labute approximate surface area is 81.8 Å². The lowest BCUT2D eigenvalue weighted by Gasteiger charge is -2.15. The van der Waals surface area contributed by atoms with Crippen molar-refractivity contribution in [3.63, 3.8) is 0 Å². The maximum atomic E-state index is 7.15. The van der Waals surface area contributed by atoms with Crippen LogP contribution >= 0.6 is 0 Å². The number of guanidine groups is 1. The fourth-order valence-corrected chi connectivity index (χ4v) is 1.25. The Morgan fingerprint density at radius 3 is 2.23 bits per heavy atom. The van der Waals surface area contributed by atoms with Crippen molar-refractivity contribution < 1.29 is 0 Å². The second kappa shape index (κ2) is 7.90. The molecule has 0 radical (unpaired) electrons. The number of hydrogen-bond acceptors (Lipinski definition) is 1. The smallest absolute Gasteiger partial charge is 0.188 e. The standard InChI is InChI=1S/C10H23N3/c1-3-4-5-6-7-8-9-13(2)10(11)12/h3-9H2,1-2H3,(H3,11,12). The predicted molar refractivity (Wildman–Crippen MR) is 57.9 cm³/mol. The fraction of sp³-hybridized carbons (Fsp3) is 0.900. The zero-order valence-corrected chi connectivity index (χ0v) is 8.97. The summed E-state index contributed by atoms with van der Waals surface area (Å²) in [7, 11) is 1.87. The Hall–Kier alpha value is -0.730. The van der Waals surface area contributed by atoms with Crippen LogP contribution < -0.4 is 5.73 Å². The van der Waals surface area contributed by atoms with E-state index in [9.17, 15) is 0 Å². The third-order valence-electron chi connectivity index (χ3n) is 2.26. The number of nitrogens with one attached hydrogen (secondary N) is 1. The second-order valence-corrected chi connectivity index (χ2v) is 3.57. The molecule has 0 unspecified atom stereocenters. The van der Waals surface area contributed by atoms with Gasteiger partial charge in [0, 0.05) is 13.6 Å². The maximum absolute atomic E-state index is 7.15. The molecule has 0 aromatic rings. The molecule has 3 nitrogen and oxygen atoms in total. The van der Waals surface area contributed by atoms with Crippen molar-refractivity contribution in [2.75, 3.05) is 13.6 Å². The van der Waals surface area contributed by atoms with E-state index in [4.69, 9.17) is 11.1 Å². The molecule has 0 spiro atoms. The zero-order chi connectivity index (χ0) is 10.1. The Morgan fingerprint density at radius 1 is 1.15 bits per heavy atom. The molecule has 0 aliphatic rings. The number of rotatable bonds is 7. The van der Waals surface area contributed by atoms with Crippen molar-refractivity contribution in [2.45, 2.75) is 45.4 Å². The second-order valence-electron chi connectivity index (χ2n) is 3.57. The van der Waals surface area contributed by atoms with Crippen LogP contribution in [-0.2, 0) is 0 Å². The molecule has 0 amide bonds. The molecule has 0 bridgehead atoms. The van der Waals surface area contributed by atoms with Gasteiger partial charge in [-0.3, -0.25) is 5.41 Å². The van der Waals surface area contributed by atoms with Crippen molar-refractivity contribution in [1.82, 2.24) is 4.90 Å². The molecule has 0 aliphatic carbocycles. The van der Waals surface area contributed by atoms with Crippen molar-refractivity contribution in [3.8, 4) is 0 Å². The largest absolute Gasteiger partial charge is 0.370 e. The molecule has 0 fully saturated rings. The first-order chi connectivity index (χ1) is 6.18. The highest BCUT2D eigenvalue weighted by Gasteiger charge is 1.97. The average Bonchev–Trinajstić information content (AvgIpc) is 2.10. The van der Waals surface area contributed by atoms with Crippen molar-refractivity contribution >= 4 is 5.96 Å². The Morgan fingerprint density at radius 2 is 1.69 bits per heavy atom. The number of unbranched alkanes of at least 4 members (excludes halogenated alkanes) is 5. The summed E-state index contributed by atoms with van der Waals surface area (Å²) in [4.78, 5) is 1.79. The molecule has 0 rings (SSSR count). The van der Waals surface area contributed by atoms with Crippen LogP contribution in [0.4, 0.5) is 0 Å². The van der Waals surface area contributed by atoms with E-state index in [1.54, 1.807) is 4.90 Å². The molecule has 0 heterocycles. The third kappa shape index (κ3) is 7.62. The first-order valence-electron chi connectivity index (χ1n) is 5.23. The van der Waals surface area contributed by atoms with Crippen LogP contribution in [0.25, 0.3) is 0 Å². The third-order valence-corrected chi connectivity index (χ3v) is 2.26.